The van der Waals surface area contributed by atoms with E-state index in [1.54, 1.807) is 13.2 Å². The molecule has 0 atom stereocenters. The maximum Gasteiger partial charge on any atom is 0.228 e. The number of nitrogens with zero attached hydrogens (tertiary/aromatic N) is 2. The van der Waals surface area contributed by atoms with E-state index in [4.69, 9.17) is 4.74 Å². The Morgan fingerprint density at radius 1 is 1.19 bits per heavy atom. The van der Waals surface area contributed by atoms with E-state index < -0.39 is 0 Å². The van der Waals surface area contributed by atoms with Gasteiger partial charge in [-0.1, -0.05) is 20.8 Å². The molecule has 1 saturated heterocycles. The molecule has 0 radical (unpaired) electrons. The molecule has 0 aliphatic carbocycles. The van der Waals surface area contributed by atoms with Crippen LogP contribution in [0.2, 0.25) is 0 Å². The van der Waals surface area contributed by atoms with Crippen LogP contribution in [0.15, 0.2) is 18.2 Å². The molecule has 0 unspecified atom stereocenters. The molecule has 1 aromatic rings. The second kappa shape index (κ2) is 5.84. The molecule has 1 aliphatic rings. The van der Waals surface area contributed by atoms with Gasteiger partial charge in [-0.25, -0.2) is 0 Å². The van der Waals surface area contributed by atoms with Gasteiger partial charge in [-0.05, 0) is 12.1 Å². The van der Waals surface area contributed by atoms with Crippen molar-refractivity contribution in [3.63, 3.8) is 0 Å². The van der Waals surface area contributed by atoms with E-state index in [2.05, 4.69) is 4.90 Å². The van der Waals surface area contributed by atoms with E-state index in [1.807, 2.05) is 37.8 Å². The van der Waals surface area contributed by atoms with E-state index >= 15 is 0 Å². The van der Waals surface area contributed by atoms with Crippen molar-refractivity contribution in [2.24, 2.45) is 5.41 Å². The smallest absolute Gasteiger partial charge is 0.228 e. The molecule has 1 heterocycles. The monoisotopic (exact) mass is 292 g/mol. The average molecular weight is 292 g/mol. The number of hydrogen-bond acceptors (Lipinski definition) is 4. The summed E-state index contributed by atoms with van der Waals surface area (Å²) in [6.45, 7) is 8.87. The maximum atomic E-state index is 12.3. The molecule has 1 fully saturated rings. The Hall–Kier alpha value is -1.91. The molecular weight excluding hydrogens is 268 g/mol. The summed E-state index contributed by atoms with van der Waals surface area (Å²) in [7, 11) is 1.54. The number of aromatic hydroxyl groups is 1. The van der Waals surface area contributed by atoms with Crippen molar-refractivity contribution >= 4 is 11.6 Å². The number of anilines is 1. The fourth-order valence-corrected chi connectivity index (χ4v) is 2.51. The van der Waals surface area contributed by atoms with Gasteiger partial charge in [0.2, 0.25) is 5.91 Å². The molecule has 2 rings (SSSR count). The summed E-state index contributed by atoms with van der Waals surface area (Å²) >= 11 is 0. The maximum absolute atomic E-state index is 12.3. The molecule has 0 spiro atoms. The first-order valence-corrected chi connectivity index (χ1v) is 7.24. The van der Waals surface area contributed by atoms with Crippen LogP contribution < -0.4 is 9.64 Å². The highest BCUT2D eigenvalue weighted by molar-refractivity contribution is 5.81. The van der Waals surface area contributed by atoms with Crippen LogP contribution in [0.1, 0.15) is 20.8 Å². The van der Waals surface area contributed by atoms with Crippen molar-refractivity contribution in [1.82, 2.24) is 4.90 Å². The van der Waals surface area contributed by atoms with Gasteiger partial charge in [0.1, 0.15) is 0 Å². The molecule has 21 heavy (non-hydrogen) atoms. The standard InChI is InChI=1S/C16H24N2O3/c1-16(2,3)15(20)18-9-7-17(8-10-18)12-5-6-13(19)14(11-12)21-4/h5-6,11,19H,7-10H2,1-4H3. The van der Waals surface area contributed by atoms with Crippen LogP contribution in [-0.2, 0) is 4.79 Å². The van der Waals surface area contributed by atoms with Gasteiger partial charge in [0.25, 0.3) is 0 Å². The molecule has 1 amide bonds. The highest BCUT2D eigenvalue weighted by Crippen LogP contribution is 2.31. The van der Waals surface area contributed by atoms with Crippen molar-refractivity contribution in [1.29, 1.82) is 0 Å². The predicted octanol–water partition coefficient (Wildman–Crippen LogP) is 2.10. The Morgan fingerprint density at radius 2 is 1.81 bits per heavy atom. The summed E-state index contributed by atoms with van der Waals surface area (Å²) in [6, 6.07) is 5.34. The van der Waals surface area contributed by atoms with E-state index in [0.29, 0.717) is 5.75 Å². The van der Waals surface area contributed by atoms with Crippen LogP contribution >= 0.6 is 0 Å². The first-order valence-electron chi connectivity index (χ1n) is 7.24. The third-order valence-corrected chi connectivity index (χ3v) is 3.74. The lowest BCUT2D eigenvalue weighted by Crippen LogP contribution is -2.51. The number of carbonyl (C=O) groups is 1. The van der Waals surface area contributed by atoms with Crippen molar-refractivity contribution < 1.29 is 14.6 Å². The zero-order valence-corrected chi connectivity index (χ0v) is 13.2. The van der Waals surface area contributed by atoms with Gasteiger partial charge >= 0.3 is 0 Å². The molecule has 1 aliphatic heterocycles. The van der Waals surface area contributed by atoms with Gasteiger partial charge < -0.3 is 19.6 Å². The fourth-order valence-electron chi connectivity index (χ4n) is 2.51. The molecule has 1 aromatic carbocycles. The summed E-state index contributed by atoms with van der Waals surface area (Å²) in [6.07, 6.45) is 0. The van der Waals surface area contributed by atoms with E-state index in [0.717, 1.165) is 31.9 Å². The first-order chi connectivity index (χ1) is 9.82. The number of phenolic OH excluding ortho intramolecular Hbond substituents is 1. The minimum absolute atomic E-state index is 0.141. The van der Waals surface area contributed by atoms with Gasteiger partial charge in [-0.3, -0.25) is 4.79 Å². The summed E-state index contributed by atoms with van der Waals surface area (Å²) in [5.41, 5.74) is 0.678. The number of amides is 1. The summed E-state index contributed by atoms with van der Waals surface area (Å²) in [4.78, 5) is 16.4. The molecule has 116 valence electrons. The van der Waals surface area contributed by atoms with Crippen LogP contribution in [0, 0.1) is 5.41 Å². The van der Waals surface area contributed by atoms with E-state index in [9.17, 15) is 9.90 Å². The van der Waals surface area contributed by atoms with Gasteiger partial charge in [-0.2, -0.15) is 0 Å². The van der Waals surface area contributed by atoms with Crippen LogP contribution in [-0.4, -0.2) is 49.2 Å². The van der Waals surface area contributed by atoms with Gasteiger partial charge in [0.05, 0.1) is 7.11 Å². The molecule has 5 nitrogen and oxygen atoms in total. The van der Waals surface area contributed by atoms with Gasteiger partial charge in [0.15, 0.2) is 11.5 Å². The Bertz CT molecular complexity index is 515. The number of methoxy groups -OCH3 is 1. The zero-order valence-electron chi connectivity index (χ0n) is 13.2. The Labute approximate surface area is 126 Å². The second-order valence-corrected chi connectivity index (χ2v) is 6.39. The number of piperazine rings is 1. The second-order valence-electron chi connectivity index (χ2n) is 6.39. The Kier molecular flexibility index (Phi) is 4.30. The molecule has 5 heteroatoms. The highest BCUT2D eigenvalue weighted by atomic mass is 16.5. The number of carbonyl (C=O) groups excluding carboxylic acids is 1. The van der Waals surface area contributed by atoms with E-state index in [1.165, 1.54) is 0 Å². The Morgan fingerprint density at radius 3 is 2.33 bits per heavy atom. The van der Waals surface area contributed by atoms with Crippen LogP contribution in [0.3, 0.4) is 0 Å². The molecule has 0 aromatic heterocycles. The lowest BCUT2D eigenvalue weighted by atomic mass is 9.94. The van der Waals surface area contributed by atoms with Crippen molar-refractivity contribution in [3.05, 3.63) is 18.2 Å². The minimum atomic E-state index is -0.329. The Balaban J connectivity index is 2.03. The molecule has 1 N–H and O–H groups in total. The average Bonchev–Trinajstić information content (AvgIpc) is 2.46. The van der Waals surface area contributed by atoms with Gasteiger partial charge in [0, 0.05) is 43.3 Å². The van der Waals surface area contributed by atoms with Gasteiger partial charge in [-0.15, -0.1) is 0 Å². The SMILES string of the molecule is COc1cc(N2CCN(C(=O)C(C)(C)C)CC2)ccc1O. The predicted molar refractivity (Wildman–Crippen MR) is 82.9 cm³/mol. The largest absolute Gasteiger partial charge is 0.504 e. The minimum Gasteiger partial charge on any atom is -0.504 e. The number of rotatable bonds is 2. The van der Waals surface area contributed by atoms with Crippen LogP contribution in [0.4, 0.5) is 5.69 Å². The number of phenols is 1. The number of hydrogen-bond donors (Lipinski definition) is 1. The van der Waals surface area contributed by atoms with E-state index in [-0.39, 0.29) is 17.1 Å². The van der Waals surface area contributed by atoms with Crippen LogP contribution in [0.25, 0.3) is 0 Å². The fraction of sp³-hybridized carbons (Fsp3) is 0.562. The third-order valence-electron chi connectivity index (χ3n) is 3.74. The first kappa shape index (κ1) is 15.5. The van der Waals surface area contributed by atoms with Crippen molar-refractivity contribution in [2.45, 2.75) is 20.8 Å². The topological polar surface area (TPSA) is 53.0 Å². The molecule has 0 bridgehead atoms. The highest BCUT2D eigenvalue weighted by Gasteiger charge is 2.29. The normalized spacial score (nSPS) is 16.0. The lowest BCUT2D eigenvalue weighted by molar-refractivity contribution is -0.139. The molecular formula is C16H24N2O3. The quantitative estimate of drug-likeness (QED) is 0.907. The lowest BCUT2D eigenvalue weighted by Gasteiger charge is -2.38. The number of ether oxygens (including phenoxy) is 1. The summed E-state index contributed by atoms with van der Waals surface area (Å²) < 4.78 is 5.14. The zero-order chi connectivity index (χ0) is 15.6. The van der Waals surface area contributed by atoms with Crippen molar-refractivity contribution in [2.75, 3.05) is 38.2 Å². The number of benzene rings is 1. The third kappa shape index (κ3) is 3.40. The van der Waals surface area contributed by atoms with Crippen LogP contribution in [0.5, 0.6) is 11.5 Å². The van der Waals surface area contributed by atoms with Crippen molar-refractivity contribution in [3.8, 4) is 11.5 Å². The molecule has 0 saturated carbocycles. The summed E-state index contributed by atoms with van der Waals surface area (Å²) in [5, 5.41) is 9.64. The summed E-state index contributed by atoms with van der Waals surface area (Å²) in [5.74, 6) is 0.814.